The Kier molecular flexibility index (Phi) is 4.51. The first-order chi connectivity index (χ1) is 12.7. The fourth-order valence-corrected chi connectivity index (χ4v) is 3.30. The van der Waals surface area contributed by atoms with Crippen molar-refractivity contribution in [3.63, 3.8) is 0 Å². The molecule has 0 saturated heterocycles. The summed E-state index contributed by atoms with van der Waals surface area (Å²) in [7, 11) is 0. The monoisotopic (exact) mass is 353 g/mol. The Bertz CT molecular complexity index is 1020. The number of rotatable bonds is 3. The van der Waals surface area contributed by atoms with Gasteiger partial charge in [0.05, 0.1) is 0 Å². The van der Waals surface area contributed by atoms with Crippen LogP contribution in [0.25, 0.3) is 33.4 Å². The molecule has 4 rings (SSSR count). The van der Waals surface area contributed by atoms with Crippen molar-refractivity contribution in [2.24, 2.45) is 0 Å². The first kappa shape index (κ1) is 16.5. The zero-order valence-electron chi connectivity index (χ0n) is 14.3. The SMILES string of the molecule is Nc1ccc(-c2ccc(-c3ccc(-c4cccc(S)c4)cc3)cc2)cc1. The zero-order chi connectivity index (χ0) is 17.9. The molecule has 4 aromatic rings. The van der Waals surface area contributed by atoms with Crippen LogP contribution in [-0.2, 0) is 0 Å². The van der Waals surface area contributed by atoms with Crippen LogP contribution >= 0.6 is 12.6 Å². The molecule has 0 aliphatic carbocycles. The van der Waals surface area contributed by atoms with Crippen molar-refractivity contribution in [3.8, 4) is 33.4 Å². The van der Waals surface area contributed by atoms with Crippen molar-refractivity contribution < 1.29 is 0 Å². The highest BCUT2D eigenvalue weighted by Gasteiger charge is 2.02. The summed E-state index contributed by atoms with van der Waals surface area (Å²) in [6.07, 6.45) is 0. The van der Waals surface area contributed by atoms with E-state index in [-0.39, 0.29) is 0 Å². The van der Waals surface area contributed by atoms with Gasteiger partial charge in [-0.3, -0.25) is 0 Å². The van der Waals surface area contributed by atoms with Crippen molar-refractivity contribution in [1.29, 1.82) is 0 Å². The number of thiol groups is 1. The summed E-state index contributed by atoms with van der Waals surface area (Å²) in [6.45, 7) is 0. The zero-order valence-corrected chi connectivity index (χ0v) is 15.2. The molecule has 0 spiro atoms. The lowest BCUT2D eigenvalue weighted by molar-refractivity contribution is 1.47. The average molecular weight is 353 g/mol. The fourth-order valence-electron chi connectivity index (χ4n) is 3.07. The van der Waals surface area contributed by atoms with Gasteiger partial charge in [-0.2, -0.15) is 0 Å². The van der Waals surface area contributed by atoms with Gasteiger partial charge in [-0.05, 0) is 57.6 Å². The van der Waals surface area contributed by atoms with Crippen molar-refractivity contribution in [1.82, 2.24) is 0 Å². The molecule has 0 aliphatic rings. The van der Waals surface area contributed by atoms with Crippen LogP contribution in [0.5, 0.6) is 0 Å². The topological polar surface area (TPSA) is 26.0 Å². The molecular formula is C24H19NS. The van der Waals surface area contributed by atoms with E-state index in [1.165, 1.54) is 33.4 Å². The molecule has 26 heavy (non-hydrogen) atoms. The molecule has 4 aromatic carbocycles. The summed E-state index contributed by atoms with van der Waals surface area (Å²) in [5.41, 5.74) is 13.7. The molecule has 0 heterocycles. The Morgan fingerprint density at radius 2 is 0.846 bits per heavy atom. The highest BCUT2D eigenvalue weighted by molar-refractivity contribution is 7.80. The van der Waals surface area contributed by atoms with Gasteiger partial charge in [0.2, 0.25) is 0 Å². The van der Waals surface area contributed by atoms with Gasteiger partial charge in [-0.1, -0.05) is 72.8 Å². The van der Waals surface area contributed by atoms with Crippen LogP contribution in [0.3, 0.4) is 0 Å². The number of anilines is 1. The quantitative estimate of drug-likeness (QED) is 0.317. The maximum atomic E-state index is 5.76. The Morgan fingerprint density at radius 3 is 1.27 bits per heavy atom. The highest BCUT2D eigenvalue weighted by atomic mass is 32.1. The first-order valence-corrected chi connectivity index (χ1v) is 8.99. The minimum absolute atomic E-state index is 0.786. The van der Waals surface area contributed by atoms with Crippen molar-refractivity contribution in [3.05, 3.63) is 97.1 Å². The Morgan fingerprint density at radius 1 is 0.462 bits per heavy atom. The third-order valence-electron chi connectivity index (χ3n) is 4.53. The van der Waals surface area contributed by atoms with Crippen LogP contribution in [0.2, 0.25) is 0 Å². The summed E-state index contributed by atoms with van der Waals surface area (Å²) >= 11 is 4.42. The van der Waals surface area contributed by atoms with E-state index in [0.29, 0.717) is 0 Å². The summed E-state index contributed by atoms with van der Waals surface area (Å²) < 4.78 is 0. The molecule has 1 nitrogen and oxygen atoms in total. The predicted octanol–water partition coefficient (Wildman–Crippen LogP) is 6.56. The van der Waals surface area contributed by atoms with Crippen LogP contribution in [0.15, 0.2) is 102 Å². The lowest BCUT2D eigenvalue weighted by Crippen LogP contribution is -1.84. The van der Waals surface area contributed by atoms with Gasteiger partial charge in [-0.15, -0.1) is 12.6 Å². The van der Waals surface area contributed by atoms with Crippen molar-refractivity contribution in [2.45, 2.75) is 4.90 Å². The highest BCUT2D eigenvalue weighted by Crippen LogP contribution is 2.28. The number of nitrogens with two attached hydrogens (primary N) is 1. The van der Waals surface area contributed by atoms with E-state index in [9.17, 15) is 0 Å². The molecule has 0 unspecified atom stereocenters. The maximum absolute atomic E-state index is 5.76. The van der Waals surface area contributed by atoms with Crippen molar-refractivity contribution in [2.75, 3.05) is 5.73 Å². The molecule has 0 saturated carbocycles. The lowest BCUT2D eigenvalue weighted by Gasteiger charge is -2.07. The van der Waals surface area contributed by atoms with E-state index in [2.05, 4.69) is 85.4 Å². The second-order valence-electron chi connectivity index (χ2n) is 6.33. The molecule has 0 fully saturated rings. The third-order valence-corrected chi connectivity index (χ3v) is 4.80. The van der Waals surface area contributed by atoms with Gasteiger partial charge in [0, 0.05) is 10.6 Å². The largest absolute Gasteiger partial charge is 0.399 e. The van der Waals surface area contributed by atoms with Gasteiger partial charge < -0.3 is 5.73 Å². The minimum Gasteiger partial charge on any atom is -0.399 e. The summed E-state index contributed by atoms with van der Waals surface area (Å²) in [5.74, 6) is 0. The van der Waals surface area contributed by atoms with Crippen LogP contribution in [0.1, 0.15) is 0 Å². The molecule has 0 radical (unpaired) electrons. The van der Waals surface area contributed by atoms with Gasteiger partial charge >= 0.3 is 0 Å². The van der Waals surface area contributed by atoms with Gasteiger partial charge in [0.15, 0.2) is 0 Å². The first-order valence-electron chi connectivity index (χ1n) is 8.55. The van der Waals surface area contributed by atoms with E-state index in [4.69, 9.17) is 5.73 Å². The molecule has 0 aliphatic heterocycles. The summed E-state index contributed by atoms with van der Waals surface area (Å²) in [4.78, 5) is 0.977. The lowest BCUT2D eigenvalue weighted by atomic mass is 9.98. The van der Waals surface area contributed by atoms with E-state index in [0.717, 1.165) is 10.6 Å². The minimum atomic E-state index is 0.786. The molecule has 2 heteroatoms. The Balaban J connectivity index is 1.59. The molecule has 126 valence electrons. The van der Waals surface area contributed by atoms with E-state index in [1.807, 2.05) is 24.3 Å². The number of benzene rings is 4. The normalized spacial score (nSPS) is 10.7. The Hall–Kier alpha value is -2.97. The molecule has 0 atom stereocenters. The number of nitrogen functional groups attached to an aromatic ring is 1. The average Bonchev–Trinajstić information content (AvgIpc) is 2.69. The van der Waals surface area contributed by atoms with Crippen molar-refractivity contribution >= 4 is 18.3 Å². The molecular weight excluding hydrogens is 334 g/mol. The number of hydrogen-bond donors (Lipinski definition) is 2. The summed E-state index contributed by atoms with van der Waals surface area (Å²) in [6, 6.07) is 33.4. The Labute approximate surface area is 159 Å². The van der Waals surface area contributed by atoms with E-state index >= 15 is 0 Å². The van der Waals surface area contributed by atoms with Crippen LogP contribution in [-0.4, -0.2) is 0 Å². The van der Waals surface area contributed by atoms with Gasteiger partial charge in [0.25, 0.3) is 0 Å². The molecule has 0 aromatic heterocycles. The van der Waals surface area contributed by atoms with E-state index in [1.54, 1.807) is 0 Å². The molecule has 0 amide bonds. The predicted molar refractivity (Wildman–Crippen MR) is 114 cm³/mol. The van der Waals surface area contributed by atoms with Gasteiger partial charge in [-0.25, -0.2) is 0 Å². The van der Waals surface area contributed by atoms with Crippen LogP contribution in [0, 0.1) is 0 Å². The van der Waals surface area contributed by atoms with Crippen LogP contribution < -0.4 is 5.73 Å². The second-order valence-corrected chi connectivity index (χ2v) is 6.84. The summed E-state index contributed by atoms with van der Waals surface area (Å²) in [5, 5.41) is 0. The smallest absolute Gasteiger partial charge is 0.0314 e. The van der Waals surface area contributed by atoms with E-state index < -0.39 is 0 Å². The van der Waals surface area contributed by atoms with Gasteiger partial charge in [0.1, 0.15) is 0 Å². The number of hydrogen-bond acceptors (Lipinski definition) is 2. The molecule has 2 N–H and O–H groups in total. The van der Waals surface area contributed by atoms with Crippen LogP contribution in [0.4, 0.5) is 5.69 Å². The molecule has 0 bridgehead atoms. The third kappa shape index (κ3) is 3.51. The maximum Gasteiger partial charge on any atom is 0.0314 e. The fraction of sp³-hybridized carbons (Fsp3) is 0. The standard InChI is InChI=1S/C24H19NS/c25-23-14-12-20(13-15-23)19-6-4-17(5-7-19)18-8-10-21(11-9-18)22-2-1-3-24(26)16-22/h1-16,26H,25H2. The second kappa shape index (κ2) is 7.11.